The predicted molar refractivity (Wildman–Crippen MR) is 93.5 cm³/mol. The van der Waals surface area contributed by atoms with E-state index in [0.29, 0.717) is 31.5 Å². The third-order valence-corrected chi connectivity index (χ3v) is 5.03. The van der Waals surface area contributed by atoms with E-state index in [-0.39, 0.29) is 23.5 Å². The lowest BCUT2D eigenvalue weighted by molar-refractivity contribution is -0.123. The van der Waals surface area contributed by atoms with Gasteiger partial charge in [0.15, 0.2) is 11.6 Å². The highest BCUT2D eigenvalue weighted by Gasteiger charge is 2.28. The Morgan fingerprint density at radius 3 is 2.83 bits per heavy atom. The maximum atomic E-state index is 13.5. The summed E-state index contributed by atoms with van der Waals surface area (Å²) in [7, 11) is 1.87. The summed E-state index contributed by atoms with van der Waals surface area (Å²) in [5.74, 6) is 1.13. The Morgan fingerprint density at radius 1 is 1.33 bits per heavy atom. The highest BCUT2D eigenvalue weighted by atomic mass is 19.1. The summed E-state index contributed by atoms with van der Waals surface area (Å²) in [4.78, 5) is 14.1. The second kappa shape index (κ2) is 9.02. The van der Waals surface area contributed by atoms with Gasteiger partial charge in [-0.05, 0) is 37.4 Å². The largest absolute Gasteiger partial charge is 0.489 e. The van der Waals surface area contributed by atoms with Gasteiger partial charge in [0, 0.05) is 12.6 Å². The van der Waals surface area contributed by atoms with Gasteiger partial charge in [0.05, 0.1) is 6.54 Å². The second-order valence-corrected chi connectivity index (χ2v) is 6.96. The van der Waals surface area contributed by atoms with E-state index >= 15 is 0 Å². The molecule has 2 rings (SSSR count). The van der Waals surface area contributed by atoms with Crippen LogP contribution in [0.25, 0.3) is 0 Å². The number of nitrogens with one attached hydrogen (secondary N) is 1. The van der Waals surface area contributed by atoms with Crippen molar-refractivity contribution in [3.8, 4) is 5.75 Å². The zero-order valence-electron chi connectivity index (χ0n) is 14.9. The summed E-state index contributed by atoms with van der Waals surface area (Å²) >= 11 is 0. The van der Waals surface area contributed by atoms with Gasteiger partial charge in [-0.3, -0.25) is 9.69 Å². The zero-order chi connectivity index (χ0) is 17.5. The van der Waals surface area contributed by atoms with Crippen molar-refractivity contribution in [2.75, 3.05) is 26.7 Å². The summed E-state index contributed by atoms with van der Waals surface area (Å²) < 4.78 is 18.9. The number of carbonyl (C=O) groups excluding carboxylic acids is 1. The number of nitrogens with zero attached hydrogens (tertiary/aromatic N) is 1. The maximum absolute atomic E-state index is 13.5. The van der Waals surface area contributed by atoms with E-state index in [1.54, 1.807) is 18.2 Å². The predicted octanol–water partition coefficient (Wildman–Crippen LogP) is 3.08. The van der Waals surface area contributed by atoms with Gasteiger partial charge in [-0.2, -0.15) is 0 Å². The molecule has 134 valence electrons. The van der Waals surface area contributed by atoms with Crippen molar-refractivity contribution in [3.63, 3.8) is 0 Å². The van der Waals surface area contributed by atoms with Crippen LogP contribution in [-0.4, -0.2) is 43.6 Å². The number of para-hydroxylation sites is 1. The third kappa shape index (κ3) is 5.48. The molecule has 3 atom stereocenters. The van der Waals surface area contributed by atoms with E-state index in [4.69, 9.17) is 4.74 Å². The molecule has 0 saturated heterocycles. The highest BCUT2D eigenvalue weighted by molar-refractivity contribution is 5.78. The van der Waals surface area contributed by atoms with E-state index in [0.717, 1.165) is 6.42 Å². The van der Waals surface area contributed by atoms with Gasteiger partial charge in [0.1, 0.15) is 6.61 Å². The molecule has 1 aliphatic rings. The molecule has 1 aromatic carbocycles. The fraction of sp³-hybridized carbons (Fsp3) is 0.632. The monoisotopic (exact) mass is 336 g/mol. The minimum absolute atomic E-state index is 0.0503. The van der Waals surface area contributed by atoms with Gasteiger partial charge in [0.2, 0.25) is 5.91 Å². The molecule has 1 aliphatic carbocycles. The lowest BCUT2D eigenvalue weighted by atomic mass is 9.78. The van der Waals surface area contributed by atoms with E-state index < -0.39 is 0 Å². The third-order valence-electron chi connectivity index (χ3n) is 5.03. The Labute approximate surface area is 144 Å². The first kappa shape index (κ1) is 18.7. The molecule has 0 radical (unpaired) electrons. The van der Waals surface area contributed by atoms with Crippen LogP contribution < -0.4 is 10.1 Å². The Kier molecular flexibility index (Phi) is 7.03. The van der Waals surface area contributed by atoms with Gasteiger partial charge in [-0.25, -0.2) is 4.39 Å². The van der Waals surface area contributed by atoms with Gasteiger partial charge >= 0.3 is 0 Å². The van der Waals surface area contributed by atoms with Gasteiger partial charge in [-0.15, -0.1) is 0 Å². The van der Waals surface area contributed by atoms with E-state index in [1.807, 2.05) is 11.9 Å². The van der Waals surface area contributed by atoms with Crippen LogP contribution >= 0.6 is 0 Å². The topological polar surface area (TPSA) is 41.6 Å². The van der Waals surface area contributed by atoms with Crippen molar-refractivity contribution in [1.82, 2.24) is 10.2 Å². The van der Waals surface area contributed by atoms with E-state index in [2.05, 4.69) is 19.2 Å². The summed E-state index contributed by atoms with van der Waals surface area (Å²) in [5.41, 5.74) is 0. The standard InChI is InChI=1S/C19H29FN2O2/c1-14-7-6-9-17(15(14)2)21-19(23)13-22(3)11-12-24-18-10-5-4-8-16(18)20/h4-5,8,10,14-15,17H,6-7,9,11-13H2,1-3H3,(H,21,23). The van der Waals surface area contributed by atoms with Crippen molar-refractivity contribution < 1.29 is 13.9 Å². The highest BCUT2D eigenvalue weighted by Crippen LogP contribution is 2.29. The fourth-order valence-electron chi connectivity index (χ4n) is 3.24. The Hall–Kier alpha value is -1.62. The first-order valence-corrected chi connectivity index (χ1v) is 8.82. The lowest BCUT2D eigenvalue weighted by Gasteiger charge is -2.35. The summed E-state index contributed by atoms with van der Waals surface area (Å²) in [6.45, 7) is 5.73. The molecule has 0 aromatic heterocycles. The minimum atomic E-state index is -0.363. The molecular weight excluding hydrogens is 307 g/mol. The Balaban J connectivity index is 1.69. The number of ether oxygens (including phenoxy) is 1. The van der Waals surface area contributed by atoms with Crippen LogP contribution in [0, 0.1) is 17.7 Å². The number of likely N-dealkylation sites (N-methyl/N-ethyl adjacent to an activating group) is 1. The smallest absolute Gasteiger partial charge is 0.234 e. The lowest BCUT2D eigenvalue weighted by Crippen LogP contribution is -2.47. The fourth-order valence-corrected chi connectivity index (χ4v) is 3.24. The molecule has 4 nitrogen and oxygen atoms in total. The van der Waals surface area contributed by atoms with Gasteiger partial charge in [0.25, 0.3) is 0 Å². The molecule has 0 aliphatic heterocycles. The number of amides is 1. The molecule has 1 fully saturated rings. The normalized spacial score (nSPS) is 24.0. The van der Waals surface area contributed by atoms with Crippen LogP contribution in [0.5, 0.6) is 5.75 Å². The minimum Gasteiger partial charge on any atom is -0.489 e. The van der Waals surface area contributed by atoms with Crippen LogP contribution in [-0.2, 0) is 4.79 Å². The number of hydrogen-bond donors (Lipinski definition) is 1. The summed E-state index contributed by atoms with van der Waals surface area (Å²) in [6, 6.07) is 6.63. The van der Waals surface area contributed by atoms with Crippen LogP contribution in [0.4, 0.5) is 4.39 Å². The quantitative estimate of drug-likeness (QED) is 0.832. The second-order valence-electron chi connectivity index (χ2n) is 6.96. The first-order valence-electron chi connectivity index (χ1n) is 8.82. The zero-order valence-corrected chi connectivity index (χ0v) is 14.9. The number of hydrogen-bond acceptors (Lipinski definition) is 3. The van der Waals surface area contributed by atoms with Crippen molar-refractivity contribution in [3.05, 3.63) is 30.1 Å². The SMILES string of the molecule is CC1CCCC(NC(=O)CN(C)CCOc2ccccc2F)C1C. The molecule has 1 saturated carbocycles. The molecule has 1 N–H and O–H groups in total. The van der Waals surface area contributed by atoms with Gasteiger partial charge in [-0.1, -0.05) is 38.8 Å². The number of benzene rings is 1. The molecule has 0 heterocycles. The number of rotatable bonds is 7. The van der Waals surface area contributed by atoms with Crippen LogP contribution in [0.2, 0.25) is 0 Å². The van der Waals surface area contributed by atoms with E-state index in [1.165, 1.54) is 18.9 Å². The van der Waals surface area contributed by atoms with Crippen molar-refractivity contribution in [1.29, 1.82) is 0 Å². The van der Waals surface area contributed by atoms with Crippen LogP contribution in [0.15, 0.2) is 24.3 Å². The molecule has 0 bridgehead atoms. The summed E-state index contributed by atoms with van der Waals surface area (Å²) in [6.07, 6.45) is 3.50. The van der Waals surface area contributed by atoms with Gasteiger partial charge < -0.3 is 10.1 Å². The molecule has 24 heavy (non-hydrogen) atoms. The summed E-state index contributed by atoms with van der Waals surface area (Å²) in [5, 5.41) is 3.17. The molecule has 0 spiro atoms. The Bertz CT molecular complexity index is 538. The van der Waals surface area contributed by atoms with Crippen LogP contribution in [0.3, 0.4) is 0 Å². The van der Waals surface area contributed by atoms with E-state index in [9.17, 15) is 9.18 Å². The van der Waals surface area contributed by atoms with Crippen molar-refractivity contribution in [2.45, 2.75) is 39.2 Å². The van der Waals surface area contributed by atoms with Crippen molar-refractivity contribution in [2.24, 2.45) is 11.8 Å². The average Bonchev–Trinajstić information content (AvgIpc) is 2.53. The molecule has 1 aromatic rings. The Morgan fingerprint density at radius 2 is 2.08 bits per heavy atom. The molecule has 5 heteroatoms. The molecule has 3 unspecified atom stereocenters. The molecular formula is C19H29FN2O2. The first-order chi connectivity index (χ1) is 11.5. The van der Waals surface area contributed by atoms with Crippen molar-refractivity contribution >= 4 is 5.91 Å². The maximum Gasteiger partial charge on any atom is 0.234 e. The number of halogens is 1. The van der Waals surface area contributed by atoms with Crippen LogP contribution in [0.1, 0.15) is 33.1 Å². The number of carbonyl (C=O) groups is 1. The average molecular weight is 336 g/mol. The molecule has 1 amide bonds.